The van der Waals surface area contributed by atoms with Crippen LogP contribution in [0.5, 0.6) is 11.5 Å². The van der Waals surface area contributed by atoms with Crippen molar-refractivity contribution >= 4 is 24.0 Å². The van der Waals surface area contributed by atoms with Gasteiger partial charge in [-0.1, -0.05) is 36.4 Å². The van der Waals surface area contributed by atoms with Crippen LogP contribution in [0, 0.1) is 0 Å². The van der Waals surface area contributed by atoms with Gasteiger partial charge in [0, 0.05) is 13.1 Å². The molecule has 1 saturated heterocycles. The standard InChI is InChI=1S/C28H32N2O4/c1-29(2)15-16-30-27(31)23(17-20-9-5-4-6-10-20)24(28(30)32)18-21-13-14-25(26(19-21)33-3)34-22-11-7-8-12-22/h4-6,9-10,13-14,17-19,22H,7-8,11-12,15-16H2,1-3H3. The molecule has 2 aromatic carbocycles. The van der Waals surface area contributed by atoms with Crippen molar-refractivity contribution in [2.24, 2.45) is 0 Å². The molecule has 1 aliphatic heterocycles. The van der Waals surface area contributed by atoms with Crippen LogP contribution in [0.3, 0.4) is 0 Å². The number of hydrogen-bond acceptors (Lipinski definition) is 5. The van der Waals surface area contributed by atoms with Crippen molar-refractivity contribution in [2.45, 2.75) is 31.8 Å². The average molecular weight is 461 g/mol. The van der Waals surface area contributed by atoms with Gasteiger partial charge in [0.1, 0.15) is 0 Å². The van der Waals surface area contributed by atoms with Crippen LogP contribution >= 0.6 is 0 Å². The van der Waals surface area contributed by atoms with E-state index in [0.717, 1.165) is 24.0 Å². The third kappa shape index (κ3) is 5.39. The number of methoxy groups -OCH3 is 1. The molecule has 0 aromatic heterocycles. The lowest BCUT2D eigenvalue weighted by Crippen LogP contribution is -2.35. The van der Waals surface area contributed by atoms with Crippen LogP contribution in [0.25, 0.3) is 12.2 Å². The van der Waals surface area contributed by atoms with Crippen molar-refractivity contribution in [3.8, 4) is 11.5 Å². The van der Waals surface area contributed by atoms with Gasteiger partial charge in [-0.15, -0.1) is 0 Å². The number of likely N-dealkylation sites (tertiary alicyclic amines) is 1. The molecule has 2 fully saturated rings. The minimum atomic E-state index is -0.278. The summed E-state index contributed by atoms with van der Waals surface area (Å²) < 4.78 is 11.7. The lowest BCUT2D eigenvalue weighted by Gasteiger charge is -2.16. The Morgan fingerprint density at radius 2 is 1.56 bits per heavy atom. The summed E-state index contributed by atoms with van der Waals surface area (Å²) >= 11 is 0. The average Bonchev–Trinajstić information content (AvgIpc) is 3.42. The van der Waals surface area contributed by atoms with E-state index in [-0.39, 0.29) is 17.9 Å². The van der Waals surface area contributed by atoms with Crippen molar-refractivity contribution in [1.82, 2.24) is 9.80 Å². The summed E-state index contributed by atoms with van der Waals surface area (Å²) in [5.41, 5.74) is 2.44. The minimum absolute atomic E-state index is 0.220. The normalized spacial score (nSPS) is 19.1. The predicted octanol–water partition coefficient (Wildman–Crippen LogP) is 4.41. The van der Waals surface area contributed by atoms with Crippen LogP contribution in [-0.4, -0.2) is 62.0 Å². The van der Waals surface area contributed by atoms with Crippen LogP contribution in [0.2, 0.25) is 0 Å². The zero-order valence-electron chi connectivity index (χ0n) is 20.1. The number of benzene rings is 2. The molecule has 2 aliphatic rings. The highest BCUT2D eigenvalue weighted by molar-refractivity contribution is 6.28. The first-order valence-corrected chi connectivity index (χ1v) is 11.8. The Morgan fingerprint density at radius 1 is 0.912 bits per heavy atom. The van der Waals surface area contributed by atoms with Gasteiger partial charge >= 0.3 is 0 Å². The monoisotopic (exact) mass is 460 g/mol. The second kappa shape index (κ2) is 10.7. The molecule has 0 spiro atoms. The van der Waals surface area contributed by atoms with Crippen molar-refractivity contribution in [2.75, 3.05) is 34.3 Å². The first kappa shape index (κ1) is 23.8. The zero-order chi connectivity index (χ0) is 24.1. The SMILES string of the molecule is COc1cc(C=C2C(=O)N(CCN(C)C)C(=O)C2=Cc2ccccc2)ccc1OC1CCCC1. The Bertz CT molecular complexity index is 1100. The van der Waals surface area contributed by atoms with Gasteiger partial charge in [0.25, 0.3) is 11.8 Å². The lowest BCUT2D eigenvalue weighted by atomic mass is 10.0. The fourth-order valence-corrected chi connectivity index (χ4v) is 4.34. The van der Waals surface area contributed by atoms with Crippen LogP contribution in [-0.2, 0) is 9.59 Å². The lowest BCUT2D eigenvalue weighted by molar-refractivity contribution is -0.136. The third-order valence-corrected chi connectivity index (χ3v) is 6.22. The highest BCUT2D eigenvalue weighted by atomic mass is 16.5. The molecule has 2 aromatic rings. The van der Waals surface area contributed by atoms with E-state index >= 15 is 0 Å². The molecule has 4 rings (SSSR count). The highest BCUT2D eigenvalue weighted by Crippen LogP contribution is 2.34. The second-order valence-corrected chi connectivity index (χ2v) is 9.03. The Balaban J connectivity index is 1.68. The van der Waals surface area contributed by atoms with Gasteiger partial charge in [-0.25, -0.2) is 0 Å². The minimum Gasteiger partial charge on any atom is -0.493 e. The number of imide groups is 1. The van der Waals surface area contributed by atoms with Gasteiger partial charge in [-0.2, -0.15) is 0 Å². The molecular formula is C28H32N2O4. The fourth-order valence-electron chi connectivity index (χ4n) is 4.34. The smallest absolute Gasteiger partial charge is 0.261 e. The van der Waals surface area contributed by atoms with Gasteiger partial charge in [0.2, 0.25) is 0 Å². The maximum Gasteiger partial charge on any atom is 0.261 e. The molecular weight excluding hydrogens is 428 g/mol. The molecule has 178 valence electrons. The second-order valence-electron chi connectivity index (χ2n) is 9.03. The molecule has 6 nitrogen and oxygen atoms in total. The summed E-state index contributed by atoms with van der Waals surface area (Å²) in [6.45, 7) is 0.941. The van der Waals surface area contributed by atoms with E-state index < -0.39 is 0 Å². The van der Waals surface area contributed by atoms with Crippen molar-refractivity contribution in [3.05, 3.63) is 70.8 Å². The summed E-state index contributed by atoms with van der Waals surface area (Å²) in [7, 11) is 5.45. The Kier molecular flexibility index (Phi) is 7.48. The van der Waals surface area contributed by atoms with Gasteiger partial charge < -0.3 is 14.4 Å². The van der Waals surface area contributed by atoms with Gasteiger partial charge in [0.05, 0.1) is 24.4 Å². The number of nitrogens with zero attached hydrogens (tertiary/aromatic N) is 2. The number of amides is 2. The van der Waals surface area contributed by atoms with E-state index in [4.69, 9.17) is 9.47 Å². The van der Waals surface area contributed by atoms with Crippen molar-refractivity contribution in [3.63, 3.8) is 0 Å². The number of likely N-dealkylation sites (N-methyl/N-ethyl adjacent to an activating group) is 1. The van der Waals surface area contributed by atoms with E-state index in [2.05, 4.69) is 0 Å². The van der Waals surface area contributed by atoms with E-state index in [0.29, 0.717) is 35.7 Å². The molecule has 0 radical (unpaired) electrons. The first-order chi connectivity index (χ1) is 16.5. The first-order valence-electron chi connectivity index (χ1n) is 11.8. The van der Waals surface area contributed by atoms with Gasteiger partial charge in [-0.05, 0) is 75.2 Å². The van der Waals surface area contributed by atoms with Crippen LogP contribution in [0.15, 0.2) is 59.7 Å². The molecule has 0 N–H and O–H groups in total. The maximum atomic E-state index is 13.3. The molecule has 1 aliphatic carbocycles. The molecule has 0 bridgehead atoms. The molecule has 2 amide bonds. The maximum absolute atomic E-state index is 13.3. The molecule has 0 atom stereocenters. The number of carbonyl (C=O) groups excluding carboxylic acids is 2. The van der Waals surface area contributed by atoms with E-state index in [9.17, 15) is 9.59 Å². The van der Waals surface area contributed by atoms with Gasteiger partial charge in [-0.3, -0.25) is 14.5 Å². The number of ether oxygens (including phenoxy) is 2. The summed E-state index contributed by atoms with van der Waals surface area (Å²) in [4.78, 5) is 29.8. The number of hydrogen-bond donors (Lipinski definition) is 0. The third-order valence-electron chi connectivity index (χ3n) is 6.22. The number of rotatable bonds is 8. The van der Waals surface area contributed by atoms with Crippen LogP contribution < -0.4 is 9.47 Å². The molecule has 1 heterocycles. The Labute approximate surface area is 201 Å². The Morgan fingerprint density at radius 3 is 2.18 bits per heavy atom. The largest absolute Gasteiger partial charge is 0.493 e. The summed E-state index contributed by atoms with van der Waals surface area (Å²) in [5, 5.41) is 0. The topological polar surface area (TPSA) is 59.1 Å². The van der Waals surface area contributed by atoms with E-state index in [1.54, 1.807) is 19.3 Å². The fraction of sp³-hybridized carbons (Fsp3) is 0.357. The number of carbonyl (C=O) groups is 2. The highest BCUT2D eigenvalue weighted by Gasteiger charge is 2.38. The van der Waals surface area contributed by atoms with Crippen LogP contribution in [0.4, 0.5) is 0 Å². The molecule has 1 saturated carbocycles. The predicted molar refractivity (Wildman–Crippen MR) is 134 cm³/mol. The molecule has 0 unspecified atom stereocenters. The van der Waals surface area contributed by atoms with Gasteiger partial charge in [0.15, 0.2) is 11.5 Å². The van der Waals surface area contributed by atoms with Crippen LogP contribution in [0.1, 0.15) is 36.8 Å². The van der Waals surface area contributed by atoms with Crippen molar-refractivity contribution in [1.29, 1.82) is 0 Å². The quantitative estimate of drug-likeness (QED) is 0.431. The summed E-state index contributed by atoms with van der Waals surface area (Å²) in [5.74, 6) is 0.781. The zero-order valence-corrected chi connectivity index (χ0v) is 20.1. The summed E-state index contributed by atoms with van der Waals surface area (Å²) in [6, 6.07) is 15.2. The van der Waals surface area contributed by atoms with E-state index in [1.165, 1.54) is 17.7 Å². The Hall–Kier alpha value is -3.38. The van der Waals surface area contributed by atoms with Crippen molar-refractivity contribution < 1.29 is 19.1 Å². The summed E-state index contributed by atoms with van der Waals surface area (Å²) in [6.07, 6.45) is 8.27. The molecule has 6 heteroatoms. The van der Waals surface area contributed by atoms with E-state index in [1.807, 2.05) is 67.5 Å². The molecule has 34 heavy (non-hydrogen) atoms.